The molecule has 0 saturated heterocycles. The molecule has 0 bridgehead atoms. The largest absolute Gasteiger partial charge is 0.342 e. The molecule has 0 aromatic carbocycles. The zero-order valence-corrected chi connectivity index (χ0v) is 16.2. The van der Waals surface area contributed by atoms with Crippen molar-refractivity contribution < 1.29 is 14.4 Å². The van der Waals surface area contributed by atoms with Gasteiger partial charge in [0.25, 0.3) is 0 Å². The Balaban J connectivity index is 2.70. The van der Waals surface area contributed by atoms with Crippen LogP contribution in [0.1, 0.15) is 13.3 Å². The van der Waals surface area contributed by atoms with Crippen LogP contribution in [0.2, 0.25) is 0 Å². The highest BCUT2D eigenvalue weighted by Gasteiger charge is 2.18. The summed E-state index contributed by atoms with van der Waals surface area (Å²) in [6.45, 7) is 12.5. The lowest BCUT2D eigenvalue weighted by atomic mass is 10.0. The van der Waals surface area contributed by atoms with E-state index in [0.29, 0.717) is 12.0 Å². The van der Waals surface area contributed by atoms with Crippen LogP contribution >= 0.6 is 11.8 Å². The number of hydrogen-bond donors (Lipinski definition) is 0. The Bertz CT molecular complexity index is 779. The number of ketones is 1. The average Bonchev–Trinajstić information content (AvgIpc) is 2.71. The first-order valence-electron chi connectivity index (χ1n) is 8.28. The van der Waals surface area contributed by atoms with E-state index in [9.17, 15) is 9.59 Å². The summed E-state index contributed by atoms with van der Waals surface area (Å²) in [5.41, 5.74) is 0.418. The van der Waals surface area contributed by atoms with Gasteiger partial charge in [-0.25, -0.2) is 4.79 Å². The van der Waals surface area contributed by atoms with Crippen LogP contribution in [-0.2, 0) is 14.4 Å². The Morgan fingerprint density at radius 1 is 1.19 bits per heavy atom. The number of hydrogen-bond acceptors (Lipinski definition) is 5. The summed E-state index contributed by atoms with van der Waals surface area (Å²) in [7, 11) is 0. The Kier molecular flexibility index (Phi) is 10.2. The molecular weight excluding hydrogens is 358 g/mol. The molecule has 4 nitrogen and oxygen atoms in total. The fraction of sp³-hybridized carbons (Fsp3) is 0.136. The number of allylic oxidation sites excluding steroid dienone is 10. The van der Waals surface area contributed by atoms with Crippen molar-refractivity contribution in [2.75, 3.05) is 0 Å². The van der Waals surface area contributed by atoms with Gasteiger partial charge in [0.1, 0.15) is 5.71 Å². The molecule has 5 heteroatoms. The maximum absolute atomic E-state index is 12.4. The van der Waals surface area contributed by atoms with E-state index in [1.807, 2.05) is 23.6 Å². The van der Waals surface area contributed by atoms with Crippen LogP contribution in [0, 0.1) is 5.92 Å². The summed E-state index contributed by atoms with van der Waals surface area (Å²) < 4.78 is 0. The van der Waals surface area contributed by atoms with Crippen LogP contribution in [0.4, 0.5) is 0 Å². The summed E-state index contributed by atoms with van der Waals surface area (Å²) in [5, 5.41) is 5.48. The van der Waals surface area contributed by atoms with E-state index < -0.39 is 5.97 Å². The van der Waals surface area contributed by atoms with E-state index in [1.54, 1.807) is 36.5 Å². The second-order valence-electron chi connectivity index (χ2n) is 5.35. The van der Waals surface area contributed by atoms with Gasteiger partial charge in [0.05, 0.1) is 5.92 Å². The van der Waals surface area contributed by atoms with Gasteiger partial charge in [-0.1, -0.05) is 91.3 Å². The van der Waals surface area contributed by atoms with Gasteiger partial charge in [-0.3, -0.25) is 4.79 Å². The molecule has 0 saturated carbocycles. The van der Waals surface area contributed by atoms with Crippen molar-refractivity contribution in [2.45, 2.75) is 13.3 Å². The van der Waals surface area contributed by atoms with Crippen LogP contribution in [0.3, 0.4) is 0 Å². The van der Waals surface area contributed by atoms with Crippen LogP contribution in [-0.4, -0.2) is 17.5 Å². The standard InChI is InChI=1S/C22H23NO3S/c1-5-12-20(7-3)27-16-11-15-18(6-2)21(24)17(4)23-26-22(25)19-13-9-8-10-14-19/h5-13,15-16,19H,1-3,14H2,4H3/b16-11+,18-15+,20-12+,23-17-. The smallest absolute Gasteiger partial charge is 0.317 e. The fourth-order valence-corrected chi connectivity index (χ4v) is 2.54. The Morgan fingerprint density at radius 2 is 1.96 bits per heavy atom. The third-order valence-electron chi connectivity index (χ3n) is 3.41. The average molecular weight is 381 g/mol. The second-order valence-corrected chi connectivity index (χ2v) is 6.33. The molecule has 1 unspecified atom stereocenters. The molecule has 0 heterocycles. The van der Waals surface area contributed by atoms with E-state index in [-0.39, 0.29) is 17.4 Å². The van der Waals surface area contributed by atoms with E-state index in [2.05, 4.69) is 24.9 Å². The quantitative estimate of drug-likeness (QED) is 0.171. The topological polar surface area (TPSA) is 55.7 Å². The van der Waals surface area contributed by atoms with Gasteiger partial charge in [-0.15, -0.1) is 0 Å². The number of carbonyl (C=O) groups is 2. The van der Waals surface area contributed by atoms with Gasteiger partial charge in [0.2, 0.25) is 5.78 Å². The van der Waals surface area contributed by atoms with Crippen LogP contribution < -0.4 is 0 Å². The van der Waals surface area contributed by atoms with Crippen molar-refractivity contribution in [3.63, 3.8) is 0 Å². The fourth-order valence-electron chi connectivity index (χ4n) is 1.96. The first-order valence-corrected chi connectivity index (χ1v) is 9.16. The summed E-state index contributed by atoms with van der Waals surface area (Å²) >= 11 is 1.44. The molecular formula is C22H23NO3S. The molecule has 0 N–H and O–H groups in total. The molecule has 0 amide bonds. The third-order valence-corrected chi connectivity index (χ3v) is 4.28. The molecule has 0 aliphatic heterocycles. The first kappa shape index (κ1) is 22.1. The van der Waals surface area contributed by atoms with Gasteiger partial charge in [0.15, 0.2) is 0 Å². The first-order chi connectivity index (χ1) is 13.0. The Hall–Kier alpha value is -2.92. The lowest BCUT2D eigenvalue weighted by molar-refractivity contribution is -0.146. The molecule has 1 atom stereocenters. The van der Waals surface area contributed by atoms with Gasteiger partial charge in [0, 0.05) is 10.5 Å². The predicted molar refractivity (Wildman–Crippen MR) is 114 cm³/mol. The highest BCUT2D eigenvalue weighted by Crippen LogP contribution is 2.18. The zero-order chi connectivity index (χ0) is 20.1. The van der Waals surface area contributed by atoms with Crippen molar-refractivity contribution in [2.24, 2.45) is 11.1 Å². The number of oxime groups is 1. The zero-order valence-electron chi connectivity index (χ0n) is 15.3. The number of carbonyl (C=O) groups excluding carboxylic acids is 2. The van der Waals surface area contributed by atoms with Crippen LogP contribution in [0.15, 0.2) is 102 Å². The molecule has 0 radical (unpaired) electrons. The maximum Gasteiger partial charge on any atom is 0.342 e. The molecule has 27 heavy (non-hydrogen) atoms. The number of nitrogens with zero attached hydrogens (tertiary/aromatic N) is 1. The molecule has 0 fully saturated rings. The van der Waals surface area contributed by atoms with Crippen molar-refractivity contribution in [1.29, 1.82) is 0 Å². The summed E-state index contributed by atoms with van der Waals surface area (Å²) in [5.74, 6) is -1.23. The monoisotopic (exact) mass is 381 g/mol. The molecule has 1 aliphatic rings. The number of rotatable bonds is 10. The lowest BCUT2D eigenvalue weighted by Gasteiger charge is -2.09. The molecule has 0 aromatic heterocycles. The van der Waals surface area contributed by atoms with Crippen molar-refractivity contribution in [3.8, 4) is 0 Å². The van der Waals surface area contributed by atoms with Gasteiger partial charge in [-0.05, 0) is 24.8 Å². The van der Waals surface area contributed by atoms with Crippen molar-refractivity contribution in [1.82, 2.24) is 0 Å². The molecule has 1 rings (SSSR count). The normalized spacial score (nSPS) is 17.7. The van der Waals surface area contributed by atoms with E-state index in [4.69, 9.17) is 4.84 Å². The van der Waals surface area contributed by atoms with Crippen molar-refractivity contribution >= 4 is 29.2 Å². The Morgan fingerprint density at radius 3 is 2.56 bits per heavy atom. The Labute approximate surface area is 164 Å². The minimum atomic E-state index is -0.492. The van der Waals surface area contributed by atoms with E-state index >= 15 is 0 Å². The summed E-state index contributed by atoms with van der Waals surface area (Å²) in [4.78, 5) is 30.1. The molecule has 140 valence electrons. The third kappa shape index (κ3) is 7.88. The maximum atomic E-state index is 12.4. The second kappa shape index (κ2) is 12.4. The molecule has 1 aliphatic carbocycles. The van der Waals surface area contributed by atoms with Gasteiger partial charge >= 0.3 is 5.97 Å². The highest BCUT2D eigenvalue weighted by atomic mass is 32.2. The number of Topliss-reactive ketones (excluding diaryl/α,β-unsaturated/α-hetero) is 1. The van der Waals surface area contributed by atoms with Gasteiger partial charge < -0.3 is 4.84 Å². The minimum absolute atomic E-state index is 0.0733. The lowest BCUT2D eigenvalue weighted by Crippen LogP contribution is -2.17. The SMILES string of the molecule is C=C/C=C(\C=C)S/C=C/C=C(\C=C)C(=O)/C(C)=N\OC(=O)C1C=CC=CC1. The highest BCUT2D eigenvalue weighted by molar-refractivity contribution is 8.06. The van der Waals surface area contributed by atoms with Gasteiger partial charge in [-0.2, -0.15) is 0 Å². The van der Waals surface area contributed by atoms with E-state index in [1.165, 1.54) is 24.8 Å². The molecule has 0 spiro atoms. The predicted octanol–water partition coefficient (Wildman–Crippen LogP) is 5.22. The summed E-state index contributed by atoms with van der Waals surface area (Å²) in [6.07, 6.45) is 17.8. The minimum Gasteiger partial charge on any atom is -0.317 e. The number of thioether (sulfide) groups is 1. The van der Waals surface area contributed by atoms with Crippen LogP contribution in [0.5, 0.6) is 0 Å². The van der Waals surface area contributed by atoms with E-state index in [0.717, 1.165) is 4.91 Å². The summed E-state index contributed by atoms with van der Waals surface area (Å²) in [6, 6.07) is 0. The van der Waals surface area contributed by atoms with Crippen molar-refractivity contribution in [3.05, 3.63) is 96.4 Å². The molecule has 0 aromatic rings. The van der Waals surface area contributed by atoms with Crippen LogP contribution in [0.25, 0.3) is 0 Å².